The quantitative estimate of drug-likeness (QED) is 0.671. The summed E-state index contributed by atoms with van der Waals surface area (Å²) >= 11 is 0. The molecule has 1 aromatic rings. The number of carboxylic acid groups (broad SMARTS) is 1. The number of anilines is 1. The highest BCUT2D eigenvalue weighted by atomic mass is 16.7. The number of para-hydroxylation sites is 1. The molecule has 0 aliphatic heterocycles. The van der Waals surface area contributed by atoms with Crippen LogP contribution in [0.25, 0.3) is 0 Å². The Morgan fingerprint density at radius 3 is 2.50 bits per heavy atom. The molecule has 16 heavy (non-hydrogen) atoms. The van der Waals surface area contributed by atoms with Gasteiger partial charge in [-0.3, -0.25) is 4.84 Å². The molecule has 3 N–H and O–H groups in total. The van der Waals surface area contributed by atoms with Gasteiger partial charge in [-0.2, -0.15) is 0 Å². The minimum absolute atomic E-state index is 0.589. The van der Waals surface area contributed by atoms with E-state index in [0.29, 0.717) is 5.69 Å². The number of rotatable bonds is 4. The molecular formula is C10H12N2O4. The van der Waals surface area contributed by atoms with Gasteiger partial charge >= 0.3 is 12.0 Å². The van der Waals surface area contributed by atoms with Gasteiger partial charge in [-0.05, 0) is 19.1 Å². The van der Waals surface area contributed by atoms with Gasteiger partial charge in [0, 0.05) is 5.69 Å². The lowest BCUT2D eigenvalue weighted by Crippen LogP contribution is -2.35. The normalized spacial score (nSPS) is 11.6. The van der Waals surface area contributed by atoms with Gasteiger partial charge in [0.1, 0.15) is 0 Å². The van der Waals surface area contributed by atoms with E-state index >= 15 is 0 Å². The van der Waals surface area contributed by atoms with Gasteiger partial charge < -0.3 is 10.4 Å². The SMILES string of the molecule is CC(ONC(=O)Nc1ccccc1)C(=O)O. The molecule has 1 rings (SSSR count). The number of carbonyl (C=O) groups excluding carboxylic acids is 1. The van der Waals surface area contributed by atoms with E-state index in [1.165, 1.54) is 6.92 Å². The molecule has 0 aliphatic carbocycles. The second-order valence-corrected chi connectivity index (χ2v) is 3.02. The number of benzene rings is 1. The van der Waals surface area contributed by atoms with Gasteiger partial charge in [0.05, 0.1) is 0 Å². The van der Waals surface area contributed by atoms with Crippen molar-refractivity contribution in [3.8, 4) is 0 Å². The van der Waals surface area contributed by atoms with Crippen molar-refractivity contribution in [2.24, 2.45) is 0 Å². The molecule has 0 spiro atoms. The van der Waals surface area contributed by atoms with E-state index in [4.69, 9.17) is 5.11 Å². The Hall–Kier alpha value is -2.08. The molecule has 0 bridgehead atoms. The van der Waals surface area contributed by atoms with E-state index in [0.717, 1.165) is 0 Å². The van der Waals surface area contributed by atoms with Crippen LogP contribution in [0.4, 0.5) is 10.5 Å². The highest BCUT2D eigenvalue weighted by molar-refractivity contribution is 5.88. The second kappa shape index (κ2) is 5.72. The number of amides is 2. The van der Waals surface area contributed by atoms with Crippen molar-refractivity contribution < 1.29 is 19.5 Å². The van der Waals surface area contributed by atoms with Crippen molar-refractivity contribution in [3.63, 3.8) is 0 Å². The Morgan fingerprint density at radius 1 is 1.31 bits per heavy atom. The van der Waals surface area contributed by atoms with Crippen LogP contribution in [-0.4, -0.2) is 23.2 Å². The molecule has 1 atom stereocenters. The molecule has 1 unspecified atom stereocenters. The number of hydroxylamine groups is 1. The summed E-state index contributed by atoms with van der Waals surface area (Å²) in [4.78, 5) is 26.1. The Kier molecular flexibility index (Phi) is 4.28. The smallest absolute Gasteiger partial charge is 0.343 e. The lowest BCUT2D eigenvalue weighted by Gasteiger charge is -2.10. The van der Waals surface area contributed by atoms with Crippen LogP contribution in [0.5, 0.6) is 0 Å². The highest BCUT2D eigenvalue weighted by Gasteiger charge is 2.12. The van der Waals surface area contributed by atoms with Crippen molar-refractivity contribution in [1.29, 1.82) is 0 Å². The predicted molar refractivity (Wildman–Crippen MR) is 56.8 cm³/mol. The Balaban J connectivity index is 2.35. The van der Waals surface area contributed by atoms with Crippen molar-refractivity contribution in [2.75, 3.05) is 5.32 Å². The lowest BCUT2D eigenvalue weighted by atomic mass is 10.3. The van der Waals surface area contributed by atoms with E-state index in [1.807, 2.05) is 11.5 Å². The van der Waals surface area contributed by atoms with Crippen LogP contribution in [0, 0.1) is 0 Å². The zero-order chi connectivity index (χ0) is 12.0. The van der Waals surface area contributed by atoms with Crippen LogP contribution >= 0.6 is 0 Å². The fraction of sp³-hybridized carbons (Fsp3) is 0.200. The van der Waals surface area contributed by atoms with E-state index in [9.17, 15) is 9.59 Å². The van der Waals surface area contributed by atoms with Crippen LogP contribution in [0.2, 0.25) is 0 Å². The van der Waals surface area contributed by atoms with Gasteiger partial charge in [-0.15, -0.1) is 0 Å². The molecule has 0 saturated carbocycles. The molecule has 0 aromatic heterocycles. The number of carbonyl (C=O) groups is 2. The largest absolute Gasteiger partial charge is 0.479 e. The molecule has 0 saturated heterocycles. The number of aliphatic carboxylic acids is 1. The number of hydrogen-bond donors (Lipinski definition) is 3. The molecular weight excluding hydrogens is 212 g/mol. The summed E-state index contributed by atoms with van der Waals surface area (Å²) in [7, 11) is 0. The summed E-state index contributed by atoms with van der Waals surface area (Å²) in [5.74, 6) is -1.15. The Bertz CT molecular complexity index is 366. The van der Waals surface area contributed by atoms with Crippen molar-refractivity contribution >= 4 is 17.7 Å². The maximum atomic E-state index is 11.2. The first-order valence-electron chi connectivity index (χ1n) is 4.60. The van der Waals surface area contributed by atoms with E-state index in [2.05, 4.69) is 10.2 Å². The van der Waals surface area contributed by atoms with Crippen molar-refractivity contribution in [3.05, 3.63) is 30.3 Å². The first kappa shape index (κ1) is 12.0. The third-order valence-electron chi connectivity index (χ3n) is 1.71. The fourth-order valence-electron chi connectivity index (χ4n) is 0.870. The van der Waals surface area contributed by atoms with E-state index in [-0.39, 0.29) is 0 Å². The fourth-order valence-corrected chi connectivity index (χ4v) is 0.870. The summed E-state index contributed by atoms with van der Waals surface area (Å²) in [5, 5.41) is 11.0. The summed E-state index contributed by atoms with van der Waals surface area (Å²) in [6.45, 7) is 1.31. The topological polar surface area (TPSA) is 87.7 Å². The third-order valence-corrected chi connectivity index (χ3v) is 1.71. The van der Waals surface area contributed by atoms with Crippen molar-refractivity contribution in [1.82, 2.24) is 5.48 Å². The summed E-state index contributed by atoms with van der Waals surface area (Å²) in [6, 6.07) is 8.10. The minimum atomic E-state index is -1.15. The first-order valence-corrected chi connectivity index (χ1v) is 4.60. The molecule has 86 valence electrons. The number of nitrogens with one attached hydrogen (secondary N) is 2. The van der Waals surface area contributed by atoms with Gasteiger partial charge in [0.25, 0.3) is 0 Å². The first-order chi connectivity index (χ1) is 7.59. The van der Waals surface area contributed by atoms with Crippen LogP contribution < -0.4 is 10.8 Å². The zero-order valence-corrected chi connectivity index (χ0v) is 8.64. The zero-order valence-electron chi connectivity index (χ0n) is 8.64. The highest BCUT2D eigenvalue weighted by Crippen LogP contribution is 2.04. The molecule has 0 heterocycles. The number of carboxylic acids is 1. The van der Waals surface area contributed by atoms with Crippen LogP contribution in [0.1, 0.15) is 6.92 Å². The molecule has 6 nitrogen and oxygen atoms in total. The lowest BCUT2D eigenvalue weighted by molar-refractivity contribution is -0.152. The monoisotopic (exact) mass is 224 g/mol. The third kappa shape index (κ3) is 3.97. The molecule has 0 aliphatic rings. The summed E-state index contributed by atoms with van der Waals surface area (Å²) in [5.41, 5.74) is 2.57. The second-order valence-electron chi connectivity index (χ2n) is 3.02. The van der Waals surface area contributed by atoms with Crippen LogP contribution in [0.3, 0.4) is 0 Å². The predicted octanol–water partition coefficient (Wildman–Crippen LogP) is 1.21. The van der Waals surface area contributed by atoms with Gasteiger partial charge in [0.15, 0.2) is 6.10 Å². The Labute approximate surface area is 92.2 Å². The maximum absolute atomic E-state index is 11.2. The van der Waals surface area contributed by atoms with Crippen LogP contribution in [0.15, 0.2) is 30.3 Å². The molecule has 1 aromatic carbocycles. The molecule has 0 fully saturated rings. The average molecular weight is 224 g/mol. The summed E-state index contributed by atoms with van der Waals surface area (Å²) < 4.78 is 0. The molecule has 6 heteroatoms. The van der Waals surface area contributed by atoms with Crippen molar-refractivity contribution in [2.45, 2.75) is 13.0 Å². The number of urea groups is 1. The van der Waals surface area contributed by atoms with Gasteiger partial charge in [-0.1, -0.05) is 18.2 Å². The molecule has 2 amide bonds. The minimum Gasteiger partial charge on any atom is -0.479 e. The molecule has 0 radical (unpaired) electrons. The Morgan fingerprint density at radius 2 is 1.94 bits per heavy atom. The standard InChI is InChI=1S/C10H12N2O4/c1-7(9(13)14)16-12-10(15)11-8-5-3-2-4-6-8/h2-7H,1H3,(H,13,14)(H2,11,12,15). The van der Waals surface area contributed by atoms with Gasteiger partial charge in [0.2, 0.25) is 0 Å². The maximum Gasteiger partial charge on any atom is 0.343 e. The van der Waals surface area contributed by atoms with E-state index < -0.39 is 18.1 Å². The van der Waals surface area contributed by atoms with Gasteiger partial charge in [-0.25, -0.2) is 15.1 Å². The van der Waals surface area contributed by atoms with E-state index in [1.54, 1.807) is 24.3 Å². The average Bonchev–Trinajstić information content (AvgIpc) is 2.27. The van der Waals surface area contributed by atoms with Crippen LogP contribution in [-0.2, 0) is 9.63 Å². The number of hydrogen-bond acceptors (Lipinski definition) is 3. The summed E-state index contributed by atoms with van der Waals surface area (Å²) in [6.07, 6.45) is -1.10.